The highest BCUT2D eigenvalue weighted by molar-refractivity contribution is 5.80. The Hall–Kier alpha value is -1.10. The first-order valence-electron chi connectivity index (χ1n) is 7.38. The molecule has 2 unspecified atom stereocenters. The minimum absolute atomic E-state index is 0.0469. The van der Waals surface area contributed by atoms with Crippen LogP contribution in [-0.4, -0.2) is 35.7 Å². The number of amides is 1. The molecule has 20 heavy (non-hydrogen) atoms. The second kappa shape index (κ2) is 7.07. The van der Waals surface area contributed by atoms with Gasteiger partial charge in [0.2, 0.25) is 5.91 Å². The van der Waals surface area contributed by atoms with Gasteiger partial charge in [-0.05, 0) is 31.6 Å². The van der Waals surface area contributed by atoms with Crippen LogP contribution < -0.4 is 5.32 Å². The zero-order valence-electron chi connectivity index (χ0n) is 12.9. The van der Waals surface area contributed by atoms with Crippen molar-refractivity contribution in [3.8, 4) is 0 Å². The molecule has 0 spiro atoms. The molecule has 1 aliphatic rings. The van der Waals surface area contributed by atoms with Gasteiger partial charge in [0, 0.05) is 24.7 Å². The number of aliphatic carboxylic acids is 1. The maximum atomic E-state index is 12.4. The number of nitrogens with one attached hydrogen (secondary N) is 1. The summed E-state index contributed by atoms with van der Waals surface area (Å²) in [4.78, 5) is 23.4. The molecular weight excluding hydrogens is 258 g/mol. The first kappa shape index (κ1) is 17.0. The largest absolute Gasteiger partial charge is 0.481 e. The summed E-state index contributed by atoms with van der Waals surface area (Å²) in [5.74, 6) is -0.658. The molecule has 0 aromatic heterocycles. The fourth-order valence-electron chi connectivity index (χ4n) is 2.53. The molecule has 1 amide bonds. The fraction of sp³-hybridized carbons (Fsp3) is 0.867. The summed E-state index contributed by atoms with van der Waals surface area (Å²) in [6.07, 6.45) is 1.73. The van der Waals surface area contributed by atoms with Gasteiger partial charge >= 0.3 is 5.97 Å². The van der Waals surface area contributed by atoms with Gasteiger partial charge in [0.05, 0.1) is 6.42 Å². The molecule has 5 nitrogen and oxygen atoms in total. The highest BCUT2D eigenvalue weighted by Gasteiger charge is 2.35. The van der Waals surface area contributed by atoms with E-state index in [1.54, 1.807) is 6.92 Å². The molecule has 5 heteroatoms. The molecule has 0 saturated carbocycles. The summed E-state index contributed by atoms with van der Waals surface area (Å²) >= 11 is 0. The summed E-state index contributed by atoms with van der Waals surface area (Å²) in [5.41, 5.74) is -0.706. The van der Waals surface area contributed by atoms with Gasteiger partial charge < -0.3 is 15.2 Å². The lowest BCUT2D eigenvalue weighted by molar-refractivity contribution is -0.140. The van der Waals surface area contributed by atoms with E-state index in [0.29, 0.717) is 19.1 Å². The fourth-order valence-corrected chi connectivity index (χ4v) is 2.53. The third-order valence-electron chi connectivity index (χ3n) is 4.59. The molecule has 0 bridgehead atoms. The lowest BCUT2D eigenvalue weighted by Crippen LogP contribution is -2.53. The zero-order valence-corrected chi connectivity index (χ0v) is 12.9. The highest BCUT2D eigenvalue weighted by Crippen LogP contribution is 2.26. The van der Waals surface area contributed by atoms with Crippen molar-refractivity contribution in [2.24, 2.45) is 17.8 Å². The average Bonchev–Trinajstić information content (AvgIpc) is 2.37. The van der Waals surface area contributed by atoms with Crippen molar-refractivity contribution in [1.29, 1.82) is 0 Å². The summed E-state index contributed by atoms with van der Waals surface area (Å²) < 4.78 is 5.31. The molecule has 0 aromatic carbocycles. The number of carbonyl (C=O) groups is 2. The van der Waals surface area contributed by atoms with E-state index in [-0.39, 0.29) is 24.2 Å². The Morgan fingerprint density at radius 2 is 1.85 bits per heavy atom. The van der Waals surface area contributed by atoms with E-state index in [0.717, 1.165) is 12.8 Å². The number of carboxylic acid groups (broad SMARTS) is 1. The Kier molecular flexibility index (Phi) is 5.99. The third-order valence-corrected chi connectivity index (χ3v) is 4.59. The van der Waals surface area contributed by atoms with Crippen molar-refractivity contribution in [3.63, 3.8) is 0 Å². The second-order valence-corrected chi connectivity index (χ2v) is 6.37. The van der Waals surface area contributed by atoms with E-state index in [9.17, 15) is 9.59 Å². The van der Waals surface area contributed by atoms with Gasteiger partial charge in [0.15, 0.2) is 0 Å². The number of hydrogen-bond acceptors (Lipinski definition) is 3. The van der Waals surface area contributed by atoms with E-state index < -0.39 is 11.5 Å². The Morgan fingerprint density at radius 1 is 1.30 bits per heavy atom. The molecule has 2 N–H and O–H groups in total. The van der Waals surface area contributed by atoms with Gasteiger partial charge in [0.1, 0.15) is 0 Å². The zero-order chi connectivity index (χ0) is 15.3. The van der Waals surface area contributed by atoms with Gasteiger partial charge in [-0.3, -0.25) is 9.59 Å². The van der Waals surface area contributed by atoms with Crippen molar-refractivity contribution in [1.82, 2.24) is 5.32 Å². The van der Waals surface area contributed by atoms with E-state index in [1.807, 2.05) is 20.8 Å². The average molecular weight is 285 g/mol. The minimum Gasteiger partial charge on any atom is -0.481 e. The summed E-state index contributed by atoms with van der Waals surface area (Å²) in [7, 11) is 0. The van der Waals surface area contributed by atoms with Gasteiger partial charge in [-0.1, -0.05) is 20.8 Å². The quantitative estimate of drug-likeness (QED) is 0.783. The smallest absolute Gasteiger partial charge is 0.305 e. The van der Waals surface area contributed by atoms with Crippen molar-refractivity contribution in [2.75, 3.05) is 13.2 Å². The summed E-state index contributed by atoms with van der Waals surface area (Å²) in [5, 5.41) is 12.0. The van der Waals surface area contributed by atoms with E-state index >= 15 is 0 Å². The molecule has 1 aliphatic heterocycles. The number of rotatable bonds is 6. The van der Waals surface area contributed by atoms with Crippen LogP contribution in [0.1, 0.15) is 47.0 Å². The molecular formula is C15H27NO4. The predicted octanol–water partition coefficient (Wildman–Crippen LogP) is 2.05. The molecule has 0 aliphatic carbocycles. The molecule has 0 aromatic rings. The van der Waals surface area contributed by atoms with E-state index in [4.69, 9.17) is 9.84 Å². The molecule has 116 valence electrons. The topological polar surface area (TPSA) is 75.6 Å². The number of ether oxygens (including phenoxy) is 1. The maximum Gasteiger partial charge on any atom is 0.305 e. The normalized spacial score (nSPS) is 21.2. The SMILES string of the molecule is CC(C(=O)NC(C)(CC(=O)O)C(C)C)C1CCOCC1. The van der Waals surface area contributed by atoms with Crippen LogP contribution in [0.2, 0.25) is 0 Å². The van der Waals surface area contributed by atoms with Crippen LogP contribution in [0.4, 0.5) is 0 Å². The predicted molar refractivity (Wildman–Crippen MR) is 76.3 cm³/mol. The van der Waals surface area contributed by atoms with Crippen molar-refractivity contribution < 1.29 is 19.4 Å². The molecule has 1 saturated heterocycles. The number of carboxylic acids is 1. The maximum absolute atomic E-state index is 12.4. The Morgan fingerprint density at radius 3 is 2.30 bits per heavy atom. The summed E-state index contributed by atoms with van der Waals surface area (Å²) in [6.45, 7) is 9.01. The van der Waals surface area contributed by atoms with Gasteiger partial charge in [0.25, 0.3) is 0 Å². The monoisotopic (exact) mass is 285 g/mol. The standard InChI is InChI=1S/C15H27NO4/c1-10(2)15(4,9-13(17)18)16-14(19)11(3)12-5-7-20-8-6-12/h10-12H,5-9H2,1-4H3,(H,16,19)(H,17,18). The van der Waals surface area contributed by atoms with Crippen LogP contribution in [0.5, 0.6) is 0 Å². The second-order valence-electron chi connectivity index (χ2n) is 6.37. The Balaban J connectivity index is 2.67. The van der Waals surface area contributed by atoms with Crippen LogP contribution >= 0.6 is 0 Å². The first-order valence-corrected chi connectivity index (χ1v) is 7.38. The van der Waals surface area contributed by atoms with Crippen molar-refractivity contribution in [2.45, 2.75) is 52.5 Å². The Labute approximate surface area is 121 Å². The number of carbonyl (C=O) groups excluding carboxylic acids is 1. The van der Waals surface area contributed by atoms with Crippen LogP contribution in [0, 0.1) is 17.8 Å². The van der Waals surface area contributed by atoms with Gasteiger partial charge in [-0.25, -0.2) is 0 Å². The minimum atomic E-state index is -0.889. The van der Waals surface area contributed by atoms with Gasteiger partial charge in [-0.15, -0.1) is 0 Å². The lowest BCUT2D eigenvalue weighted by Gasteiger charge is -2.36. The van der Waals surface area contributed by atoms with Gasteiger partial charge in [-0.2, -0.15) is 0 Å². The number of hydrogen-bond donors (Lipinski definition) is 2. The van der Waals surface area contributed by atoms with E-state index in [1.165, 1.54) is 0 Å². The van der Waals surface area contributed by atoms with Crippen molar-refractivity contribution >= 4 is 11.9 Å². The summed E-state index contributed by atoms with van der Waals surface area (Å²) in [6, 6.07) is 0. The first-order chi connectivity index (χ1) is 9.26. The molecule has 0 radical (unpaired) electrons. The molecule has 1 fully saturated rings. The van der Waals surface area contributed by atoms with E-state index in [2.05, 4.69) is 5.32 Å². The van der Waals surface area contributed by atoms with Crippen molar-refractivity contribution in [3.05, 3.63) is 0 Å². The van der Waals surface area contributed by atoms with Crippen LogP contribution in [0.25, 0.3) is 0 Å². The van der Waals surface area contributed by atoms with Crippen LogP contribution in [0.3, 0.4) is 0 Å². The molecule has 2 atom stereocenters. The van der Waals surface area contributed by atoms with Crippen LogP contribution in [-0.2, 0) is 14.3 Å². The van der Waals surface area contributed by atoms with Crippen LogP contribution in [0.15, 0.2) is 0 Å². The lowest BCUT2D eigenvalue weighted by atomic mass is 9.82. The molecule has 1 heterocycles. The molecule has 1 rings (SSSR count). The third kappa shape index (κ3) is 4.47. The highest BCUT2D eigenvalue weighted by atomic mass is 16.5. The Bertz CT molecular complexity index is 350.